The molecule has 1 aromatic carbocycles. The lowest BCUT2D eigenvalue weighted by Gasteiger charge is -2.05. The summed E-state index contributed by atoms with van der Waals surface area (Å²) < 4.78 is 14.7. The van der Waals surface area contributed by atoms with Gasteiger partial charge in [0.2, 0.25) is 0 Å². The van der Waals surface area contributed by atoms with E-state index in [1.807, 2.05) is 0 Å². The van der Waals surface area contributed by atoms with Crippen LogP contribution in [-0.2, 0) is 0 Å². The van der Waals surface area contributed by atoms with E-state index in [-0.39, 0.29) is 11.5 Å². The molecule has 0 spiro atoms. The number of pyridine rings is 1. The van der Waals surface area contributed by atoms with E-state index >= 15 is 0 Å². The van der Waals surface area contributed by atoms with Gasteiger partial charge in [-0.2, -0.15) is 0 Å². The topological polar surface area (TPSA) is 59.3 Å². The lowest BCUT2D eigenvalue weighted by Crippen LogP contribution is -2.12. The first kappa shape index (κ1) is 11.3. The molecule has 0 radical (unpaired) electrons. The second kappa shape index (κ2) is 4.49. The van der Waals surface area contributed by atoms with Gasteiger partial charge >= 0.3 is 0 Å². The lowest BCUT2D eigenvalue weighted by atomic mass is 10.2. The zero-order chi connectivity index (χ0) is 13.2. The minimum absolute atomic E-state index is 0.267. The van der Waals surface area contributed by atoms with Gasteiger partial charge in [-0.1, -0.05) is 6.07 Å². The fourth-order valence-corrected chi connectivity index (χ4v) is 1.73. The van der Waals surface area contributed by atoms with E-state index in [9.17, 15) is 9.18 Å². The minimum atomic E-state index is -0.443. The molecule has 19 heavy (non-hydrogen) atoms. The normalized spacial score (nSPS) is 10.6. The van der Waals surface area contributed by atoms with Crippen LogP contribution >= 0.6 is 0 Å². The summed E-state index contributed by atoms with van der Waals surface area (Å²) in [5.74, 6) is -0.811. The van der Waals surface area contributed by atoms with Crippen LogP contribution in [0.4, 0.5) is 10.1 Å². The number of hydrogen-bond donors (Lipinski definition) is 1. The standard InChI is InChI=1S/C13H9FN4O/c14-10-3-1-2-9(6-10)13(19)16-11-4-5-12-17-15-8-18(12)7-11/h1-8H,(H,16,19). The Balaban J connectivity index is 1.86. The number of hydrogen-bond acceptors (Lipinski definition) is 3. The summed E-state index contributed by atoms with van der Waals surface area (Å²) in [5.41, 5.74) is 1.54. The van der Waals surface area contributed by atoms with Crippen LogP contribution in [0.5, 0.6) is 0 Å². The Bertz CT molecular complexity index is 753. The summed E-state index contributed by atoms with van der Waals surface area (Å²) in [6.07, 6.45) is 3.22. The predicted molar refractivity (Wildman–Crippen MR) is 67.3 cm³/mol. The van der Waals surface area contributed by atoms with E-state index in [1.54, 1.807) is 28.8 Å². The van der Waals surface area contributed by atoms with E-state index in [2.05, 4.69) is 15.5 Å². The van der Waals surface area contributed by atoms with Gasteiger partial charge in [0.05, 0.1) is 5.69 Å². The summed E-state index contributed by atoms with van der Waals surface area (Å²) in [4.78, 5) is 11.9. The van der Waals surface area contributed by atoms with Crippen LogP contribution < -0.4 is 5.32 Å². The Morgan fingerprint density at radius 1 is 1.26 bits per heavy atom. The number of nitrogens with one attached hydrogen (secondary N) is 1. The van der Waals surface area contributed by atoms with Crippen LogP contribution in [0.2, 0.25) is 0 Å². The monoisotopic (exact) mass is 256 g/mol. The van der Waals surface area contributed by atoms with Crippen molar-refractivity contribution in [1.29, 1.82) is 0 Å². The lowest BCUT2D eigenvalue weighted by molar-refractivity contribution is 0.102. The van der Waals surface area contributed by atoms with Crippen LogP contribution in [0.15, 0.2) is 48.9 Å². The predicted octanol–water partition coefficient (Wildman–Crippen LogP) is 2.12. The molecule has 2 aromatic heterocycles. The fourth-order valence-electron chi connectivity index (χ4n) is 1.73. The maximum atomic E-state index is 13.0. The van der Waals surface area contributed by atoms with Gasteiger partial charge in [0.15, 0.2) is 5.65 Å². The molecule has 0 unspecified atom stereocenters. The minimum Gasteiger partial charge on any atom is -0.321 e. The molecule has 0 saturated heterocycles. The summed E-state index contributed by atoms with van der Waals surface area (Å²) >= 11 is 0. The van der Waals surface area contributed by atoms with Gasteiger partial charge in [-0.25, -0.2) is 4.39 Å². The Hall–Kier alpha value is -2.76. The molecule has 2 heterocycles. The van der Waals surface area contributed by atoms with Crippen molar-refractivity contribution >= 4 is 17.2 Å². The molecule has 94 valence electrons. The van der Waals surface area contributed by atoms with Crippen molar-refractivity contribution in [2.24, 2.45) is 0 Å². The molecule has 5 nitrogen and oxygen atoms in total. The number of fused-ring (bicyclic) bond motifs is 1. The number of benzene rings is 1. The van der Waals surface area contributed by atoms with Crippen LogP contribution in [0.1, 0.15) is 10.4 Å². The highest BCUT2D eigenvalue weighted by molar-refractivity contribution is 6.04. The fraction of sp³-hybridized carbons (Fsp3) is 0. The van der Waals surface area contributed by atoms with Crippen molar-refractivity contribution in [3.63, 3.8) is 0 Å². The van der Waals surface area contributed by atoms with Crippen molar-refractivity contribution in [1.82, 2.24) is 14.6 Å². The van der Waals surface area contributed by atoms with Crippen molar-refractivity contribution in [3.8, 4) is 0 Å². The largest absolute Gasteiger partial charge is 0.321 e. The van der Waals surface area contributed by atoms with Crippen LogP contribution in [0.25, 0.3) is 5.65 Å². The Kier molecular flexibility index (Phi) is 2.68. The van der Waals surface area contributed by atoms with Gasteiger partial charge in [-0.15, -0.1) is 10.2 Å². The third kappa shape index (κ3) is 2.28. The van der Waals surface area contributed by atoms with Gasteiger partial charge in [0.25, 0.3) is 5.91 Å². The Morgan fingerprint density at radius 3 is 3.00 bits per heavy atom. The number of halogens is 1. The third-order valence-electron chi connectivity index (χ3n) is 2.64. The molecule has 0 aliphatic rings. The van der Waals surface area contributed by atoms with Crippen LogP contribution in [0, 0.1) is 5.82 Å². The molecule has 0 atom stereocenters. The average molecular weight is 256 g/mol. The highest BCUT2D eigenvalue weighted by atomic mass is 19.1. The molecule has 6 heteroatoms. The number of amides is 1. The first-order valence-corrected chi connectivity index (χ1v) is 5.59. The number of carbonyl (C=O) groups is 1. The van der Waals surface area contributed by atoms with Gasteiger partial charge in [0.1, 0.15) is 12.1 Å². The molecule has 1 amide bonds. The molecule has 0 aliphatic heterocycles. The first-order valence-electron chi connectivity index (χ1n) is 5.59. The molecule has 0 saturated carbocycles. The second-order valence-electron chi connectivity index (χ2n) is 3.98. The smallest absolute Gasteiger partial charge is 0.255 e. The Morgan fingerprint density at radius 2 is 2.16 bits per heavy atom. The first-order chi connectivity index (χ1) is 9.22. The molecule has 0 bridgehead atoms. The number of nitrogens with zero attached hydrogens (tertiary/aromatic N) is 3. The van der Waals surface area contributed by atoms with E-state index < -0.39 is 5.82 Å². The highest BCUT2D eigenvalue weighted by Gasteiger charge is 2.07. The van der Waals surface area contributed by atoms with Gasteiger partial charge < -0.3 is 5.32 Å². The third-order valence-corrected chi connectivity index (χ3v) is 2.64. The molecular formula is C13H9FN4O. The maximum Gasteiger partial charge on any atom is 0.255 e. The van der Waals surface area contributed by atoms with Crippen molar-refractivity contribution in [3.05, 3.63) is 60.3 Å². The number of carbonyl (C=O) groups excluding carboxylic acids is 1. The van der Waals surface area contributed by atoms with Crippen molar-refractivity contribution < 1.29 is 9.18 Å². The summed E-state index contributed by atoms with van der Waals surface area (Å²) in [5, 5.41) is 10.3. The molecule has 1 N–H and O–H groups in total. The summed E-state index contributed by atoms with van der Waals surface area (Å²) in [6, 6.07) is 8.96. The van der Waals surface area contributed by atoms with Crippen LogP contribution in [0.3, 0.4) is 0 Å². The zero-order valence-electron chi connectivity index (χ0n) is 9.75. The zero-order valence-corrected chi connectivity index (χ0v) is 9.75. The van der Waals surface area contributed by atoms with Crippen LogP contribution in [-0.4, -0.2) is 20.5 Å². The second-order valence-corrected chi connectivity index (χ2v) is 3.98. The highest BCUT2D eigenvalue weighted by Crippen LogP contribution is 2.11. The summed E-state index contributed by atoms with van der Waals surface area (Å²) in [7, 11) is 0. The summed E-state index contributed by atoms with van der Waals surface area (Å²) in [6.45, 7) is 0. The maximum absolute atomic E-state index is 13.0. The SMILES string of the molecule is O=C(Nc1ccc2nncn2c1)c1cccc(F)c1. The molecular weight excluding hydrogens is 247 g/mol. The number of aromatic nitrogens is 3. The van der Waals surface area contributed by atoms with E-state index in [0.29, 0.717) is 11.3 Å². The number of anilines is 1. The molecule has 0 fully saturated rings. The van der Waals surface area contributed by atoms with Gasteiger partial charge in [0, 0.05) is 11.8 Å². The quantitative estimate of drug-likeness (QED) is 0.764. The van der Waals surface area contributed by atoms with E-state index in [0.717, 1.165) is 0 Å². The van der Waals surface area contributed by atoms with E-state index in [4.69, 9.17) is 0 Å². The molecule has 0 aliphatic carbocycles. The molecule has 3 rings (SSSR count). The van der Waals surface area contributed by atoms with E-state index in [1.165, 1.54) is 24.5 Å². The number of rotatable bonds is 2. The average Bonchev–Trinajstić information content (AvgIpc) is 2.86. The van der Waals surface area contributed by atoms with Crippen molar-refractivity contribution in [2.75, 3.05) is 5.32 Å². The Labute approximate surface area is 107 Å². The van der Waals surface area contributed by atoms with Gasteiger partial charge in [-0.05, 0) is 30.3 Å². The van der Waals surface area contributed by atoms with Crippen molar-refractivity contribution in [2.45, 2.75) is 0 Å². The van der Waals surface area contributed by atoms with Gasteiger partial charge in [-0.3, -0.25) is 9.20 Å². The molecule has 3 aromatic rings.